The van der Waals surface area contributed by atoms with E-state index in [0.29, 0.717) is 27.8 Å². The fourth-order valence-corrected chi connectivity index (χ4v) is 6.10. The van der Waals surface area contributed by atoms with Crippen molar-refractivity contribution in [2.24, 2.45) is 10.1 Å². The van der Waals surface area contributed by atoms with Crippen LogP contribution in [0.1, 0.15) is 23.9 Å². The number of aryl methyl sites for hydroxylation is 1. The van der Waals surface area contributed by atoms with Gasteiger partial charge in [0.2, 0.25) is 19.4 Å². The number of sulfone groups is 1. The molecule has 2 aliphatic heterocycles. The number of methoxy groups -OCH3 is 2. The van der Waals surface area contributed by atoms with Gasteiger partial charge in [-0.05, 0) is 49.4 Å². The van der Waals surface area contributed by atoms with Crippen LogP contribution in [0.3, 0.4) is 0 Å². The van der Waals surface area contributed by atoms with E-state index < -0.39 is 15.7 Å². The number of fused-ring (bicyclic) bond motifs is 1. The number of carbonyl (C=O) groups is 1. The smallest absolute Gasteiger partial charge is 0.283 e. The van der Waals surface area contributed by atoms with Gasteiger partial charge in [0.1, 0.15) is 11.5 Å². The van der Waals surface area contributed by atoms with Crippen LogP contribution in [0, 0.1) is 19.3 Å². The Kier molecular flexibility index (Phi) is 6.56. The number of hydrogen-bond donors (Lipinski definition) is 1. The molecule has 10 nitrogen and oxygen atoms in total. The van der Waals surface area contributed by atoms with E-state index in [0.717, 1.165) is 28.2 Å². The van der Waals surface area contributed by atoms with Crippen LogP contribution >= 0.6 is 23.4 Å². The SMILES string of the molecule is CCS(=O)(=O)C1=NN2C(=N)/C(=C\c3cc(C)n(-c4cc(Cl)c(OC)cc4OC)c3C)C(=O)N=C2S1. The Morgan fingerprint density at radius 1 is 1.17 bits per heavy atom. The lowest BCUT2D eigenvalue weighted by Gasteiger charge is -2.20. The molecular formula is C22H22ClN5O5S2. The molecule has 0 bridgehead atoms. The van der Waals surface area contributed by atoms with Crippen molar-refractivity contribution >= 4 is 60.6 Å². The number of thioether (sulfide) groups is 1. The molecule has 0 saturated carbocycles. The summed E-state index contributed by atoms with van der Waals surface area (Å²) in [4.78, 5) is 16.7. The fourth-order valence-electron chi connectivity index (χ4n) is 3.70. The van der Waals surface area contributed by atoms with E-state index >= 15 is 0 Å². The van der Waals surface area contributed by atoms with Gasteiger partial charge in [0.15, 0.2) is 5.84 Å². The molecule has 0 spiro atoms. The van der Waals surface area contributed by atoms with Crippen molar-refractivity contribution in [1.82, 2.24) is 9.58 Å². The van der Waals surface area contributed by atoms with Crippen molar-refractivity contribution < 1.29 is 22.7 Å². The van der Waals surface area contributed by atoms with Crippen LogP contribution in [0.2, 0.25) is 5.02 Å². The summed E-state index contributed by atoms with van der Waals surface area (Å²) in [7, 11) is -0.538. The number of aromatic nitrogens is 1. The highest BCUT2D eigenvalue weighted by atomic mass is 35.5. The topological polar surface area (TPSA) is 126 Å². The number of carbonyl (C=O) groups excluding carboxylic acids is 1. The Hall–Kier alpha value is -3.09. The van der Waals surface area contributed by atoms with Gasteiger partial charge in [-0.1, -0.05) is 18.5 Å². The van der Waals surface area contributed by atoms with E-state index in [4.69, 9.17) is 26.5 Å². The number of ether oxygens (including phenoxy) is 2. The highest BCUT2D eigenvalue weighted by Gasteiger charge is 2.39. The first-order valence-corrected chi connectivity index (χ1v) is 13.2. The van der Waals surface area contributed by atoms with Crippen molar-refractivity contribution in [2.45, 2.75) is 20.8 Å². The van der Waals surface area contributed by atoms with Gasteiger partial charge in [-0.3, -0.25) is 10.2 Å². The molecule has 3 heterocycles. The number of benzene rings is 1. The number of hydrogen-bond acceptors (Lipinski definition) is 8. The lowest BCUT2D eigenvalue weighted by Crippen LogP contribution is -2.35. The van der Waals surface area contributed by atoms with Crippen molar-refractivity contribution in [3.63, 3.8) is 0 Å². The van der Waals surface area contributed by atoms with Crippen molar-refractivity contribution in [1.29, 1.82) is 5.41 Å². The number of amidine groups is 2. The summed E-state index contributed by atoms with van der Waals surface area (Å²) < 4.78 is 37.0. The van der Waals surface area contributed by atoms with Crippen LogP contribution in [-0.4, -0.2) is 59.3 Å². The van der Waals surface area contributed by atoms with E-state index in [1.54, 1.807) is 25.3 Å². The maximum absolute atomic E-state index is 12.8. The minimum atomic E-state index is -3.60. The Morgan fingerprint density at radius 2 is 1.86 bits per heavy atom. The second-order valence-electron chi connectivity index (χ2n) is 7.61. The monoisotopic (exact) mass is 535 g/mol. The van der Waals surface area contributed by atoms with E-state index in [1.807, 2.05) is 24.5 Å². The van der Waals surface area contributed by atoms with Crippen LogP contribution in [0.4, 0.5) is 0 Å². The number of halogens is 1. The first kappa shape index (κ1) is 25.0. The summed E-state index contributed by atoms with van der Waals surface area (Å²) in [5.41, 5.74) is 2.93. The minimum Gasteiger partial charge on any atom is -0.495 e. The molecule has 0 fully saturated rings. The van der Waals surface area contributed by atoms with Crippen molar-refractivity contribution in [3.8, 4) is 17.2 Å². The molecule has 35 heavy (non-hydrogen) atoms. The molecule has 1 aromatic carbocycles. The van der Waals surface area contributed by atoms with Gasteiger partial charge < -0.3 is 14.0 Å². The Bertz CT molecular complexity index is 1470. The zero-order valence-electron chi connectivity index (χ0n) is 19.5. The minimum absolute atomic E-state index is 0.00627. The number of hydrazone groups is 1. The van der Waals surface area contributed by atoms with Gasteiger partial charge >= 0.3 is 0 Å². The van der Waals surface area contributed by atoms with E-state index in [1.165, 1.54) is 14.0 Å². The molecule has 0 saturated heterocycles. The van der Waals surface area contributed by atoms with Gasteiger partial charge in [0, 0.05) is 17.5 Å². The lowest BCUT2D eigenvalue weighted by atomic mass is 10.1. The molecule has 1 amide bonds. The van der Waals surface area contributed by atoms with Gasteiger partial charge in [-0.15, -0.1) is 5.10 Å². The molecule has 13 heteroatoms. The second-order valence-corrected chi connectivity index (χ2v) is 11.4. The molecule has 0 atom stereocenters. The van der Waals surface area contributed by atoms with Crippen molar-refractivity contribution in [2.75, 3.05) is 20.0 Å². The molecule has 1 aromatic heterocycles. The van der Waals surface area contributed by atoms with Crippen LogP contribution in [0.15, 0.2) is 33.9 Å². The number of nitrogens with one attached hydrogen (secondary N) is 1. The van der Waals surface area contributed by atoms with Crippen LogP contribution in [0.25, 0.3) is 11.8 Å². The average molecular weight is 536 g/mol. The van der Waals surface area contributed by atoms with Gasteiger partial charge in [-0.2, -0.15) is 10.0 Å². The molecule has 184 valence electrons. The van der Waals surface area contributed by atoms with E-state index in [-0.39, 0.29) is 26.7 Å². The highest BCUT2D eigenvalue weighted by molar-refractivity contribution is 8.42. The summed E-state index contributed by atoms with van der Waals surface area (Å²) in [6.07, 6.45) is 1.55. The normalized spacial score (nSPS) is 17.0. The fraction of sp³-hybridized carbons (Fsp3) is 0.273. The van der Waals surface area contributed by atoms with E-state index in [9.17, 15) is 13.2 Å². The zero-order valence-corrected chi connectivity index (χ0v) is 21.9. The number of rotatable bonds is 5. The third-order valence-electron chi connectivity index (χ3n) is 5.55. The van der Waals surface area contributed by atoms with Gasteiger partial charge in [0.05, 0.1) is 36.3 Å². The van der Waals surface area contributed by atoms with Gasteiger partial charge in [0.25, 0.3) is 5.91 Å². The summed E-state index contributed by atoms with van der Waals surface area (Å²) >= 11 is 7.13. The van der Waals surface area contributed by atoms with Gasteiger partial charge in [-0.25, -0.2) is 8.42 Å². The standard InChI is InChI=1S/C22H22ClN5O5S2/c1-6-35(30,31)22-26-28-19(24)14(20(29)25-21(28)34-22)8-13-7-11(2)27(12(13)3)16-9-15(23)17(32-4)10-18(16)33-5/h7-10,24H,6H2,1-5H3/b14-8+,24-19?. The third-order valence-corrected chi connectivity index (χ3v) is 8.93. The molecule has 1 N–H and O–H groups in total. The molecular weight excluding hydrogens is 514 g/mol. The van der Waals surface area contributed by atoms with E-state index in [2.05, 4.69) is 10.1 Å². The number of aliphatic imine (C=N–C) groups is 1. The molecule has 2 aliphatic rings. The number of amides is 1. The second kappa shape index (κ2) is 9.17. The lowest BCUT2D eigenvalue weighted by molar-refractivity contribution is -0.114. The first-order chi connectivity index (χ1) is 16.5. The Balaban J connectivity index is 1.78. The molecule has 0 radical (unpaired) electrons. The zero-order chi connectivity index (χ0) is 25.7. The average Bonchev–Trinajstić information content (AvgIpc) is 3.37. The molecule has 0 unspecified atom stereocenters. The highest BCUT2D eigenvalue weighted by Crippen LogP contribution is 2.37. The quantitative estimate of drug-likeness (QED) is 0.577. The summed E-state index contributed by atoms with van der Waals surface area (Å²) in [6, 6.07) is 5.28. The third kappa shape index (κ3) is 4.26. The summed E-state index contributed by atoms with van der Waals surface area (Å²) in [6.45, 7) is 5.25. The summed E-state index contributed by atoms with van der Waals surface area (Å²) in [5, 5.41) is 14.1. The Labute approximate surface area is 211 Å². The summed E-state index contributed by atoms with van der Waals surface area (Å²) in [5.74, 6) is -0.0245. The molecule has 2 aromatic rings. The van der Waals surface area contributed by atoms with Crippen LogP contribution < -0.4 is 9.47 Å². The maximum atomic E-state index is 12.8. The maximum Gasteiger partial charge on any atom is 0.283 e. The first-order valence-electron chi connectivity index (χ1n) is 10.4. The predicted molar refractivity (Wildman–Crippen MR) is 138 cm³/mol. The number of nitrogens with zero attached hydrogens (tertiary/aromatic N) is 4. The predicted octanol–water partition coefficient (Wildman–Crippen LogP) is 3.78. The molecule has 4 rings (SSSR count). The van der Waals surface area contributed by atoms with Crippen molar-refractivity contribution in [3.05, 3.63) is 45.7 Å². The van der Waals surface area contributed by atoms with Crippen LogP contribution in [-0.2, 0) is 14.6 Å². The van der Waals surface area contributed by atoms with Crippen LogP contribution in [0.5, 0.6) is 11.5 Å². The largest absolute Gasteiger partial charge is 0.495 e. The molecule has 0 aliphatic carbocycles. The Morgan fingerprint density at radius 3 is 2.49 bits per heavy atom.